The number of likely N-dealkylation sites (tertiary alicyclic amines) is 1. The van der Waals surface area contributed by atoms with Gasteiger partial charge >= 0.3 is 0 Å². The molecule has 1 aromatic carbocycles. The van der Waals surface area contributed by atoms with E-state index in [2.05, 4.69) is 37.8 Å². The average Bonchev–Trinajstić information content (AvgIpc) is 3.61. The summed E-state index contributed by atoms with van der Waals surface area (Å²) in [7, 11) is 3.65. The molecule has 2 heterocycles. The monoisotopic (exact) mass is 495 g/mol. The molecule has 5 heteroatoms. The van der Waals surface area contributed by atoms with Gasteiger partial charge in [-0.25, -0.2) is 0 Å². The van der Waals surface area contributed by atoms with E-state index < -0.39 is 11.2 Å². The summed E-state index contributed by atoms with van der Waals surface area (Å²) >= 11 is 0. The Morgan fingerprint density at radius 2 is 2.00 bits per heavy atom. The first kappa shape index (κ1) is 23.8. The standard InChI is InChI=1S/C31H45NO4/c1-19(2)10-11-28(3,33)23-17-29-12-13-31(23,35-5)27-30(29)14-15-32(18-20-6-7-20)24(29)16-21-8-9-22(34-4)26(36-27)25(21)30/h8-9,19-20,23-24,27,33H,6-7,10-18H2,1-5H3/t23-,24-,27-,28+,29-,30+,31-/m1/s1. The Bertz CT molecular complexity index is 1060. The van der Waals surface area contributed by atoms with Gasteiger partial charge in [-0.3, -0.25) is 4.90 Å². The van der Waals surface area contributed by atoms with Crippen LogP contribution < -0.4 is 9.47 Å². The fourth-order valence-corrected chi connectivity index (χ4v) is 10.0. The fourth-order valence-electron chi connectivity index (χ4n) is 10.0. The minimum atomic E-state index is -0.784. The second-order valence-electron chi connectivity index (χ2n) is 13.9. The highest BCUT2D eigenvalue weighted by Gasteiger charge is 2.81. The van der Waals surface area contributed by atoms with Crippen molar-refractivity contribution in [2.75, 3.05) is 27.3 Å². The molecule has 5 nitrogen and oxygen atoms in total. The van der Waals surface area contributed by atoms with Crippen LogP contribution >= 0.6 is 0 Å². The second kappa shape index (κ2) is 7.64. The smallest absolute Gasteiger partial charge is 0.165 e. The van der Waals surface area contributed by atoms with Crippen LogP contribution in [0.15, 0.2) is 12.1 Å². The highest BCUT2D eigenvalue weighted by molar-refractivity contribution is 5.63. The molecule has 8 rings (SSSR count). The average molecular weight is 496 g/mol. The van der Waals surface area contributed by atoms with Gasteiger partial charge in [0.15, 0.2) is 11.5 Å². The van der Waals surface area contributed by atoms with Crippen molar-refractivity contribution in [2.45, 2.75) is 107 Å². The molecule has 0 radical (unpaired) electrons. The molecular formula is C31H45NO4. The Morgan fingerprint density at radius 3 is 2.69 bits per heavy atom. The summed E-state index contributed by atoms with van der Waals surface area (Å²) in [5.41, 5.74) is 1.70. The molecule has 7 aliphatic rings. The molecule has 4 bridgehead atoms. The summed E-state index contributed by atoms with van der Waals surface area (Å²) in [6.45, 7) is 9.01. The Balaban J connectivity index is 1.41. The van der Waals surface area contributed by atoms with E-state index in [9.17, 15) is 5.11 Å². The van der Waals surface area contributed by atoms with Gasteiger partial charge in [-0.2, -0.15) is 0 Å². The van der Waals surface area contributed by atoms with Crippen LogP contribution in [0.3, 0.4) is 0 Å². The molecule has 36 heavy (non-hydrogen) atoms. The SMILES string of the molecule is COc1ccc2c3c1O[C@H]1[C@@]4(OC)CC[C@@]5(C[C@@H]4[C@@](C)(O)CCC(C)C)[C@@H](C2)N(CC2CC2)CC[C@]315. The lowest BCUT2D eigenvalue weighted by Gasteiger charge is -2.75. The predicted octanol–water partition coefficient (Wildman–Crippen LogP) is 5.11. The minimum absolute atomic E-state index is 0.0476. The topological polar surface area (TPSA) is 51.2 Å². The van der Waals surface area contributed by atoms with Crippen LogP contribution in [0.4, 0.5) is 0 Å². The molecule has 5 fully saturated rings. The first-order valence-electron chi connectivity index (χ1n) is 14.6. The van der Waals surface area contributed by atoms with Gasteiger partial charge in [-0.1, -0.05) is 19.9 Å². The predicted molar refractivity (Wildman–Crippen MR) is 140 cm³/mol. The van der Waals surface area contributed by atoms with Crippen LogP contribution in [-0.2, 0) is 16.6 Å². The number of piperidine rings is 1. The molecule has 1 N–H and O–H groups in total. The Kier molecular flexibility index (Phi) is 5.05. The van der Waals surface area contributed by atoms with Crippen LogP contribution in [0.5, 0.6) is 11.5 Å². The van der Waals surface area contributed by atoms with E-state index in [1.807, 2.05) is 7.11 Å². The summed E-state index contributed by atoms with van der Waals surface area (Å²) in [4.78, 5) is 2.87. The van der Waals surface area contributed by atoms with Crippen molar-refractivity contribution in [1.29, 1.82) is 0 Å². The van der Waals surface area contributed by atoms with Gasteiger partial charge in [-0.15, -0.1) is 0 Å². The Morgan fingerprint density at radius 1 is 1.19 bits per heavy atom. The number of methoxy groups -OCH3 is 2. The van der Waals surface area contributed by atoms with Crippen LogP contribution in [0.1, 0.15) is 83.3 Å². The lowest BCUT2D eigenvalue weighted by Crippen LogP contribution is -2.82. The lowest BCUT2D eigenvalue weighted by molar-refractivity contribution is -0.303. The van der Waals surface area contributed by atoms with E-state index >= 15 is 0 Å². The van der Waals surface area contributed by atoms with Crippen molar-refractivity contribution in [1.82, 2.24) is 4.90 Å². The molecule has 5 aliphatic carbocycles. The molecule has 2 aliphatic heterocycles. The molecule has 0 amide bonds. The van der Waals surface area contributed by atoms with Gasteiger partial charge in [-0.05, 0) is 94.7 Å². The molecule has 198 valence electrons. The largest absolute Gasteiger partial charge is 0.493 e. The minimum Gasteiger partial charge on any atom is -0.493 e. The molecule has 2 spiro atoms. The highest BCUT2D eigenvalue weighted by Crippen LogP contribution is 2.77. The van der Waals surface area contributed by atoms with E-state index in [-0.39, 0.29) is 22.9 Å². The zero-order valence-electron chi connectivity index (χ0n) is 22.9. The highest BCUT2D eigenvalue weighted by atomic mass is 16.6. The maximum absolute atomic E-state index is 12.2. The van der Waals surface area contributed by atoms with E-state index in [1.54, 1.807) is 7.11 Å². The summed E-state index contributed by atoms with van der Waals surface area (Å²) in [5.74, 6) is 3.35. The number of fused-ring (bicyclic) bond motifs is 2. The van der Waals surface area contributed by atoms with Gasteiger partial charge in [0.25, 0.3) is 0 Å². The molecule has 1 aromatic rings. The van der Waals surface area contributed by atoms with Gasteiger partial charge in [0.2, 0.25) is 0 Å². The Hall–Kier alpha value is -1.30. The summed E-state index contributed by atoms with van der Waals surface area (Å²) < 4.78 is 19.7. The maximum atomic E-state index is 12.2. The Labute approximate surface area is 216 Å². The number of ether oxygens (including phenoxy) is 3. The molecule has 4 saturated carbocycles. The lowest BCUT2D eigenvalue weighted by atomic mass is 9.33. The third-order valence-electron chi connectivity index (χ3n) is 11.8. The number of hydrogen-bond acceptors (Lipinski definition) is 5. The number of nitrogens with zero attached hydrogens (tertiary/aromatic N) is 1. The van der Waals surface area contributed by atoms with E-state index in [1.165, 1.54) is 36.9 Å². The van der Waals surface area contributed by atoms with Crippen molar-refractivity contribution in [3.05, 3.63) is 23.3 Å². The second-order valence-corrected chi connectivity index (χ2v) is 13.9. The van der Waals surface area contributed by atoms with Gasteiger partial charge < -0.3 is 19.3 Å². The zero-order valence-corrected chi connectivity index (χ0v) is 22.9. The first-order valence-corrected chi connectivity index (χ1v) is 14.6. The summed E-state index contributed by atoms with van der Waals surface area (Å²) in [5, 5.41) is 12.2. The number of benzene rings is 1. The van der Waals surface area contributed by atoms with Crippen molar-refractivity contribution >= 4 is 0 Å². The summed E-state index contributed by atoms with van der Waals surface area (Å²) in [6, 6.07) is 4.96. The normalized spacial score (nSPS) is 41.7. The van der Waals surface area contributed by atoms with Crippen molar-refractivity contribution in [3.8, 4) is 11.5 Å². The first-order chi connectivity index (χ1) is 17.2. The summed E-state index contributed by atoms with van der Waals surface area (Å²) in [6.07, 6.45) is 9.96. The number of hydrogen-bond donors (Lipinski definition) is 1. The van der Waals surface area contributed by atoms with Crippen LogP contribution in [-0.4, -0.2) is 60.7 Å². The van der Waals surface area contributed by atoms with Crippen molar-refractivity contribution in [3.63, 3.8) is 0 Å². The van der Waals surface area contributed by atoms with E-state index in [4.69, 9.17) is 14.2 Å². The number of rotatable bonds is 8. The van der Waals surface area contributed by atoms with Crippen molar-refractivity contribution < 1.29 is 19.3 Å². The zero-order chi connectivity index (χ0) is 25.1. The quantitative estimate of drug-likeness (QED) is 0.543. The van der Waals surface area contributed by atoms with Gasteiger partial charge in [0.1, 0.15) is 11.7 Å². The maximum Gasteiger partial charge on any atom is 0.165 e. The molecular weight excluding hydrogens is 450 g/mol. The molecule has 7 atom stereocenters. The third-order valence-corrected chi connectivity index (χ3v) is 11.8. The van der Waals surface area contributed by atoms with Crippen LogP contribution in [0.25, 0.3) is 0 Å². The molecule has 1 saturated heterocycles. The van der Waals surface area contributed by atoms with Gasteiger partial charge in [0.05, 0.1) is 12.7 Å². The molecule has 0 unspecified atom stereocenters. The van der Waals surface area contributed by atoms with Crippen LogP contribution in [0, 0.1) is 23.2 Å². The van der Waals surface area contributed by atoms with Crippen LogP contribution in [0.2, 0.25) is 0 Å². The van der Waals surface area contributed by atoms with Crippen molar-refractivity contribution in [2.24, 2.45) is 23.2 Å². The molecule has 0 aromatic heterocycles. The van der Waals surface area contributed by atoms with E-state index in [0.29, 0.717) is 12.0 Å². The fraction of sp³-hybridized carbons (Fsp3) is 0.806. The number of aliphatic hydroxyl groups is 1. The third kappa shape index (κ3) is 2.78. The van der Waals surface area contributed by atoms with E-state index in [0.717, 1.165) is 62.5 Å². The van der Waals surface area contributed by atoms with Gasteiger partial charge in [0, 0.05) is 42.0 Å².